The molecule has 0 fully saturated rings. The quantitative estimate of drug-likeness (QED) is 0.522. The van der Waals surface area contributed by atoms with Crippen molar-refractivity contribution in [2.45, 2.75) is 0 Å². The molecule has 0 amide bonds. The summed E-state index contributed by atoms with van der Waals surface area (Å²) in [6.45, 7) is 0. The highest BCUT2D eigenvalue weighted by molar-refractivity contribution is 5.94. The molecule has 0 radical (unpaired) electrons. The van der Waals surface area contributed by atoms with Gasteiger partial charge in [-0.2, -0.15) is 5.26 Å². The van der Waals surface area contributed by atoms with Crippen LogP contribution in [-0.4, -0.2) is 4.92 Å². The fraction of sp³-hybridized carbons (Fsp3) is 0. The van der Waals surface area contributed by atoms with Gasteiger partial charge in [0.15, 0.2) is 0 Å². The lowest BCUT2D eigenvalue weighted by Gasteiger charge is -2.00. The van der Waals surface area contributed by atoms with Gasteiger partial charge in [-0.25, -0.2) is 0 Å². The molecule has 0 aliphatic heterocycles. The normalized spacial score (nSPS) is 9.80. The Hall–Kier alpha value is -2.41. The molecule has 0 N–H and O–H groups in total. The maximum atomic E-state index is 10.7. The van der Waals surface area contributed by atoms with Gasteiger partial charge < -0.3 is 0 Å². The number of rotatable bonds is 1. The van der Waals surface area contributed by atoms with Crippen LogP contribution in [0, 0.1) is 21.4 Å². The van der Waals surface area contributed by atoms with E-state index in [1.807, 2.05) is 6.07 Å². The second-order valence-corrected chi connectivity index (χ2v) is 3.05. The summed E-state index contributed by atoms with van der Waals surface area (Å²) in [6.07, 6.45) is 0. The molecule has 0 saturated heterocycles. The zero-order valence-electron chi connectivity index (χ0n) is 7.68. The number of nitro groups is 1. The summed E-state index contributed by atoms with van der Waals surface area (Å²) < 4.78 is 0. The molecule has 4 nitrogen and oxygen atoms in total. The first-order valence-electron chi connectivity index (χ1n) is 4.30. The lowest BCUT2D eigenvalue weighted by molar-refractivity contribution is -0.383. The molecule has 0 aliphatic rings. The average molecular weight is 198 g/mol. The number of hydrogen-bond donors (Lipinski definition) is 0. The molecule has 0 bridgehead atoms. The number of non-ortho nitro benzene ring substituents is 1. The monoisotopic (exact) mass is 198 g/mol. The zero-order valence-corrected chi connectivity index (χ0v) is 7.68. The number of fused-ring (bicyclic) bond motifs is 1. The third kappa shape index (κ3) is 1.40. The van der Waals surface area contributed by atoms with Gasteiger partial charge in [0.25, 0.3) is 5.69 Å². The van der Waals surface area contributed by atoms with E-state index >= 15 is 0 Å². The van der Waals surface area contributed by atoms with E-state index in [1.54, 1.807) is 24.3 Å². The van der Waals surface area contributed by atoms with Gasteiger partial charge in [0, 0.05) is 11.5 Å². The summed E-state index contributed by atoms with van der Waals surface area (Å²) in [4.78, 5) is 10.3. The number of nitro benzene ring substituents is 1. The van der Waals surface area contributed by atoms with E-state index in [2.05, 4.69) is 0 Å². The molecule has 0 atom stereocenters. The first-order valence-corrected chi connectivity index (χ1v) is 4.30. The summed E-state index contributed by atoms with van der Waals surface area (Å²) in [5.41, 5.74) is 0.487. The minimum absolute atomic E-state index is 0.0320. The van der Waals surface area contributed by atoms with E-state index in [9.17, 15) is 10.1 Å². The summed E-state index contributed by atoms with van der Waals surface area (Å²) in [5.74, 6) is 0. The van der Waals surface area contributed by atoms with Crippen molar-refractivity contribution < 1.29 is 4.92 Å². The fourth-order valence-corrected chi connectivity index (χ4v) is 1.54. The second-order valence-electron chi connectivity index (χ2n) is 3.05. The van der Waals surface area contributed by atoms with Crippen LogP contribution in [-0.2, 0) is 0 Å². The van der Waals surface area contributed by atoms with Crippen molar-refractivity contribution in [3.63, 3.8) is 0 Å². The van der Waals surface area contributed by atoms with E-state index in [-0.39, 0.29) is 5.69 Å². The predicted molar refractivity (Wildman–Crippen MR) is 55.3 cm³/mol. The van der Waals surface area contributed by atoms with Gasteiger partial charge >= 0.3 is 0 Å². The topological polar surface area (TPSA) is 66.9 Å². The van der Waals surface area contributed by atoms with Crippen molar-refractivity contribution in [1.82, 2.24) is 0 Å². The Bertz CT molecular complexity index is 585. The van der Waals surface area contributed by atoms with Crippen LogP contribution in [0.4, 0.5) is 5.69 Å². The van der Waals surface area contributed by atoms with Crippen LogP contribution < -0.4 is 0 Å². The largest absolute Gasteiger partial charge is 0.277 e. The van der Waals surface area contributed by atoms with Gasteiger partial charge in [-0.15, -0.1) is 0 Å². The van der Waals surface area contributed by atoms with Gasteiger partial charge in [-0.1, -0.05) is 18.2 Å². The third-order valence-electron chi connectivity index (χ3n) is 2.22. The molecule has 2 aromatic carbocycles. The maximum absolute atomic E-state index is 10.7. The predicted octanol–water partition coefficient (Wildman–Crippen LogP) is 2.62. The summed E-state index contributed by atoms with van der Waals surface area (Å²) in [7, 11) is 0. The number of hydrogen-bond acceptors (Lipinski definition) is 3. The Kier molecular flexibility index (Phi) is 2.07. The van der Waals surface area contributed by atoms with Gasteiger partial charge in [0.05, 0.1) is 21.9 Å². The van der Waals surface area contributed by atoms with Crippen LogP contribution >= 0.6 is 0 Å². The second kappa shape index (κ2) is 3.39. The molecule has 72 valence electrons. The fourth-order valence-electron chi connectivity index (χ4n) is 1.54. The molecular formula is C11H6N2O2. The molecule has 0 unspecified atom stereocenters. The molecule has 0 spiro atoms. The molecule has 0 aromatic heterocycles. The van der Waals surface area contributed by atoms with Crippen molar-refractivity contribution in [3.8, 4) is 6.07 Å². The van der Waals surface area contributed by atoms with Gasteiger partial charge in [0.1, 0.15) is 0 Å². The van der Waals surface area contributed by atoms with Crippen LogP contribution in [0.1, 0.15) is 5.56 Å². The van der Waals surface area contributed by atoms with E-state index in [1.165, 1.54) is 12.1 Å². The number of nitrogens with zero attached hydrogens (tertiary/aromatic N) is 2. The minimum Gasteiger partial charge on any atom is -0.258 e. The van der Waals surface area contributed by atoms with Gasteiger partial charge in [-0.05, 0) is 12.1 Å². The Morgan fingerprint density at radius 1 is 1.13 bits per heavy atom. The van der Waals surface area contributed by atoms with E-state index in [0.717, 1.165) is 0 Å². The highest BCUT2D eigenvalue weighted by atomic mass is 16.6. The molecule has 0 saturated carbocycles. The first-order chi connectivity index (χ1) is 7.24. The molecule has 2 aromatic rings. The highest BCUT2D eigenvalue weighted by Gasteiger charge is 2.12. The van der Waals surface area contributed by atoms with E-state index < -0.39 is 4.92 Å². The average Bonchev–Trinajstić information content (AvgIpc) is 2.27. The molecule has 0 aliphatic carbocycles. The Morgan fingerprint density at radius 3 is 2.40 bits per heavy atom. The van der Waals surface area contributed by atoms with Crippen molar-refractivity contribution >= 4 is 16.5 Å². The van der Waals surface area contributed by atoms with E-state index in [4.69, 9.17) is 5.26 Å². The van der Waals surface area contributed by atoms with E-state index in [0.29, 0.717) is 16.3 Å². The van der Waals surface area contributed by atoms with Crippen LogP contribution in [0.25, 0.3) is 10.8 Å². The first kappa shape index (κ1) is 9.16. The van der Waals surface area contributed by atoms with Crippen LogP contribution in [0.3, 0.4) is 0 Å². The number of benzene rings is 2. The Labute approximate surface area is 85.5 Å². The summed E-state index contributed by atoms with van der Waals surface area (Å²) >= 11 is 0. The van der Waals surface area contributed by atoms with Crippen molar-refractivity contribution in [2.24, 2.45) is 0 Å². The molecule has 4 heteroatoms. The standard InChI is InChI=1S/C11H6N2O2/c12-7-8-5-6-11(13(14)15)10-4-2-1-3-9(8)10/h1-6H. The van der Waals surface area contributed by atoms with Crippen LogP contribution in [0.15, 0.2) is 36.4 Å². The maximum Gasteiger partial charge on any atom is 0.277 e. The molecular weight excluding hydrogens is 192 g/mol. The van der Waals surface area contributed by atoms with Gasteiger partial charge in [-0.3, -0.25) is 10.1 Å². The zero-order chi connectivity index (χ0) is 10.8. The molecule has 0 heterocycles. The SMILES string of the molecule is N#Cc1ccc([N+](=O)[O-])c2ccccc12. The van der Waals surface area contributed by atoms with Crippen molar-refractivity contribution in [1.29, 1.82) is 5.26 Å². The lowest BCUT2D eigenvalue weighted by atomic mass is 10.0. The third-order valence-corrected chi connectivity index (χ3v) is 2.22. The number of nitriles is 1. The Morgan fingerprint density at radius 2 is 1.80 bits per heavy atom. The molecule has 15 heavy (non-hydrogen) atoms. The summed E-state index contributed by atoms with van der Waals surface area (Å²) in [5, 5.41) is 20.7. The van der Waals surface area contributed by atoms with Gasteiger partial charge in [0.2, 0.25) is 0 Å². The smallest absolute Gasteiger partial charge is 0.258 e. The summed E-state index contributed by atoms with van der Waals surface area (Å²) in [6, 6.07) is 11.7. The highest BCUT2D eigenvalue weighted by Crippen LogP contribution is 2.27. The minimum atomic E-state index is -0.441. The molecule has 2 rings (SSSR count). The Balaban J connectivity index is 2.91. The van der Waals surface area contributed by atoms with Crippen molar-refractivity contribution in [2.75, 3.05) is 0 Å². The lowest BCUT2D eigenvalue weighted by Crippen LogP contribution is -1.90. The van der Waals surface area contributed by atoms with Crippen LogP contribution in [0.2, 0.25) is 0 Å². The van der Waals surface area contributed by atoms with Crippen molar-refractivity contribution in [3.05, 3.63) is 52.1 Å². The van der Waals surface area contributed by atoms with Crippen LogP contribution in [0.5, 0.6) is 0 Å².